The Bertz CT molecular complexity index is 774. The normalized spacial score (nSPS) is 18.2. The number of fused-ring (bicyclic) bond motifs is 1. The summed E-state index contributed by atoms with van der Waals surface area (Å²) in [6.07, 6.45) is 1.59. The van der Waals surface area contributed by atoms with Crippen LogP contribution in [0.15, 0.2) is 42.5 Å². The Morgan fingerprint density at radius 2 is 1.96 bits per heavy atom. The molecule has 1 aliphatic heterocycles. The zero-order valence-corrected chi connectivity index (χ0v) is 14.8. The molecule has 2 aromatic carbocycles. The van der Waals surface area contributed by atoms with Gasteiger partial charge in [0.1, 0.15) is 0 Å². The third kappa shape index (κ3) is 4.50. The molecule has 0 spiro atoms. The highest BCUT2D eigenvalue weighted by molar-refractivity contribution is 5.83. The predicted octanol–water partition coefficient (Wildman–Crippen LogP) is 2.69. The quantitative estimate of drug-likeness (QED) is 0.900. The number of carbonyl (C=O) groups is 2. The molecule has 1 aliphatic rings. The van der Waals surface area contributed by atoms with E-state index in [-0.39, 0.29) is 24.0 Å². The molecule has 0 aliphatic carbocycles. The van der Waals surface area contributed by atoms with Gasteiger partial charge in [-0.25, -0.2) is 4.79 Å². The highest BCUT2D eigenvalue weighted by Crippen LogP contribution is 2.16. The average molecular weight is 339 g/mol. The fourth-order valence-electron chi connectivity index (χ4n) is 3.39. The van der Waals surface area contributed by atoms with Crippen molar-refractivity contribution >= 4 is 22.7 Å². The van der Waals surface area contributed by atoms with Gasteiger partial charge in [0.05, 0.1) is 0 Å². The summed E-state index contributed by atoms with van der Waals surface area (Å²) in [4.78, 5) is 25.3. The second-order valence-electron chi connectivity index (χ2n) is 6.86. The molecule has 2 N–H and O–H groups in total. The average Bonchev–Trinajstić information content (AvgIpc) is 3.03. The van der Waals surface area contributed by atoms with E-state index in [1.807, 2.05) is 19.1 Å². The lowest BCUT2D eigenvalue weighted by Crippen LogP contribution is -2.47. The van der Waals surface area contributed by atoms with Crippen molar-refractivity contribution in [1.29, 1.82) is 0 Å². The third-order valence-corrected chi connectivity index (χ3v) is 4.70. The van der Waals surface area contributed by atoms with Gasteiger partial charge < -0.3 is 15.5 Å². The molecule has 3 amide bonds. The maximum atomic E-state index is 12.2. The Kier molecular flexibility index (Phi) is 5.22. The van der Waals surface area contributed by atoms with Gasteiger partial charge in [-0.15, -0.1) is 0 Å². The van der Waals surface area contributed by atoms with Crippen molar-refractivity contribution in [2.75, 3.05) is 13.1 Å². The van der Waals surface area contributed by atoms with Crippen LogP contribution in [0.25, 0.3) is 10.8 Å². The van der Waals surface area contributed by atoms with Gasteiger partial charge in [-0.3, -0.25) is 4.79 Å². The van der Waals surface area contributed by atoms with Gasteiger partial charge in [0.2, 0.25) is 5.91 Å². The number of likely N-dealkylation sites (tertiary alicyclic amines) is 1. The number of hydrogen-bond acceptors (Lipinski definition) is 2. The van der Waals surface area contributed by atoms with Gasteiger partial charge in [0.25, 0.3) is 0 Å². The van der Waals surface area contributed by atoms with Crippen LogP contribution in [-0.2, 0) is 11.2 Å². The molecule has 1 saturated heterocycles. The number of urea groups is 1. The maximum absolute atomic E-state index is 12.2. The number of nitrogens with zero attached hydrogens (tertiary/aromatic N) is 1. The van der Waals surface area contributed by atoms with Gasteiger partial charge in [0.15, 0.2) is 0 Å². The van der Waals surface area contributed by atoms with Gasteiger partial charge in [-0.2, -0.15) is 0 Å². The summed E-state index contributed by atoms with van der Waals surface area (Å²) < 4.78 is 0. The van der Waals surface area contributed by atoms with Crippen molar-refractivity contribution in [3.05, 3.63) is 48.0 Å². The summed E-state index contributed by atoms with van der Waals surface area (Å²) >= 11 is 0. The first-order chi connectivity index (χ1) is 12.0. The van der Waals surface area contributed by atoms with Crippen LogP contribution in [0.3, 0.4) is 0 Å². The van der Waals surface area contributed by atoms with E-state index in [2.05, 4.69) is 41.0 Å². The molecule has 0 unspecified atom stereocenters. The summed E-state index contributed by atoms with van der Waals surface area (Å²) in [5.41, 5.74) is 1.20. The molecule has 0 bridgehead atoms. The van der Waals surface area contributed by atoms with Crippen molar-refractivity contribution in [3.8, 4) is 0 Å². The van der Waals surface area contributed by atoms with Crippen LogP contribution < -0.4 is 10.6 Å². The van der Waals surface area contributed by atoms with Gasteiger partial charge in [-0.05, 0) is 36.1 Å². The fraction of sp³-hybridized carbons (Fsp3) is 0.400. The highest BCUT2D eigenvalue weighted by Gasteiger charge is 2.25. The topological polar surface area (TPSA) is 61.4 Å². The van der Waals surface area contributed by atoms with E-state index >= 15 is 0 Å². The van der Waals surface area contributed by atoms with E-state index < -0.39 is 0 Å². The minimum absolute atomic E-state index is 0.0338. The van der Waals surface area contributed by atoms with Crippen molar-refractivity contribution < 1.29 is 9.59 Å². The highest BCUT2D eigenvalue weighted by atomic mass is 16.2. The van der Waals surface area contributed by atoms with Crippen molar-refractivity contribution in [2.45, 2.75) is 38.8 Å². The number of hydrogen-bond donors (Lipinski definition) is 2. The molecule has 132 valence electrons. The summed E-state index contributed by atoms with van der Waals surface area (Å²) in [5.74, 6) is 0.0642. The first-order valence-corrected chi connectivity index (χ1v) is 8.81. The summed E-state index contributed by atoms with van der Waals surface area (Å²) in [6, 6.07) is 14.6. The second kappa shape index (κ2) is 7.55. The Hall–Kier alpha value is -2.56. The summed E-state index contributed by atoms with van der Waals surface area (Å²) in [7, 11) is 0. The SMILES string of the molecule is CC(=O)N1CC[C@@H](NC(=O)N[C@H](C)Cc2ccc3ccccc3c2)C1. The van der Waals surface area contributed by atoms with Crippen LogP contribution in [-0.4, -0.2) is 42.0 Å². The Morgan fingerprint density at radius 1 is 1.20 bits per heavy atom. The molecular weight excluding hydrogens is 314 g/mol. The van der Waals surface area contributed by atoms with Crippen molar-refractivity contribution in [2.24, 2.45) is 0 Å². The van der Waals surface area contributed by atoms with E-state index in [9.17, 15) is 9.59 Å². The molecule has 0 saturated carbocycles. The van der Waals surface area contributed by atoms with Crippen LogP contribution in [0.1, 0.15) is 25.8 Å². The first kappa shape index (κ1) is 17.3. The monoisotopic (exact) mass is 339 g/mol. The molecule has 5 heteroatoms. The Morgan fingerprint density at radius 3 is 2.68 bits per heavy atom. The molecule has 0 aromatic heterocycles. The minimum Gasteiger partial charge on any atom is -0.341 e. The predicted molar refractivity (Wildman–Crippen MR) is 99.4 cm³/mol. The molecule has 2 atom stereocenters. The number of amides is 3. The van der Waals surface area contributed by atoms with Crippen LogP contribution in [0.2, 0.25) is 0 Å². The number of nitrogens with one attached hydrogen (secondary N) is 2. The number of carbonyl (C=O) groups excluding carboxylic acids is 2. The Labute approximate surface area is 148 Å². The molecule has 3 rings (SSSR count). The van der Waals surface area contributed by atoms with Crippen molar-refractivity contribution in [3.63, 3.8) is 0 Å². The van der Waals surface area contributed by atoms with E-state index in [1.165, 1.54) is 16.3 Å². The van der Waals surface area contributed by atoms with Crippen LogP contribution >= 0.6 is 0 Å². The smallest absolute Gasteiger partial charge is 0.315 e. The number of rotatable bonds is 4. The second-order valence-corrected chi connectivity index (χ2v) is 6.86. The van der Waals surface area contributed by atoms with Crippen molar-refractivity contribution in [1.82, 2.24) is 15.5 Å². The first-order valence-electron chi connectivity index (χ1n) is 8.81. The minimum atomic E-state index is -0.163. The van der Waals surface area contributed by atoms with Gasteiger partial charge >= 0.3 is 6.03 Å². The molecule has 25 heavy (non-hydrogen) atoms. The van der Waals surface area contributed by atoms with E-state index in [0.29, 0.717) is 13.1 Å². The van der Waals surface area contributed by atoms with E-state index in [1.54, 1.807) is 11.8 Å². The standard InChI is InChI=1S/C20H25N3O2/c1-14(11-16-7-8-17-5-3-4-6-18(17)12-16)21-20(25)22-19-9-10-23(13-19)15(2)24/h3-8,12,14,19H,9-11,13H2,1-2H3,(H2,21,22,25)/t14-,19-/m1/s1. The van der Waals surface area contributed by atoms with Gasteiger partial charge in [0, 0.05) is 32.1 Å². The largest absolute Gasteiger partial charge is 0.341 e. The third-order valence-electron chi connectivity index (χ3n) is 4.70. The molecule has 5 nitrogen and oxygen atoms in total. The summed E-state index contributed by atoms with van der Waals surface area (Å²) in [6.45, 7) is 4.88. The van der Waals surface area contributed by atoms with E-state index in [4.69, 9.17) is 0 Å². The Balaban J connectivity index is 1.50. The lowest BCUT2D eigenvalue weighted by atomic mass is 10.0. The lowest BCUT2D eigenvalue weighted by Gasteiger charge is -2.18. The molecular formula is C20H25N3O2. The van der Waals surface area contributed by atoms with Crippen LogP contribution in [0, 0.1) is 0 Å². The zero-order valence-electron chi connectivity index (χ0n) is 14.8. The van der Waals surface area contributed by atoms with Gasteiger partial charge in [-0.1, -0.05) is 42.5 Å². The fourth-order valence-corrected chi connectivity index (χ4v) is 3.39. The van der Waals surface area contributed by atoms with E-state index in [0.717, 1.165) is 12.8 Å². The van der Waals surface area contributed by atoms with Crippen LogP contribution in [0.4, 0.5) is 4.79 Å². The molecule has 1 fully saturated rings. The lowest BCUT2D eigenvalue weighted by molar-refractivity contribution is -0.127. The summed E-state index contributed by atoms with van der Waals surface area (Å²) in [5, 5.41) is 8.40. The zero-order chi connectivity index (χ0) is 17.8. The molecule has 0 radical (unpaired) electrons. The molecule has 1 heterocycles. The number of benzene rings is 2. The van der Waals surface area contributed by atoms with Crippen LogP contribution in [0.5, 0.6) is 0 Å². The maximum Gasteiger partial charge on any atom is 0.315 e. The molecule has 2 aromatic rings.